The van der Waals surface area contributed by atoms with Gasteiger partial charge < -0.3 is 0 Å². The van der Waals surface area contributed by atoms with Crippen LogP contribution in [0.15, 0.2) is 65.2 Å². The van der Waals surface area contributed by atoms with Crippen LogP contribution in [0.1, 0.15) is 5.56 Å². The highest BCUT2D eigenvalue weighted by atomic mass is 35.5. The molecule has 0 N–H and O–H groups in total. The predicted molar refractivity (Wildman–Crippen MR) is 91.5 cm³/mol. The third kappa shape index (κ3) is 2.46. The van der Waals surface area contributed by atoms with Crippen LogP contribution >= 0.6 is 11.6 Å². The zero-order valence-electron chi connectivity index (χ0n) is 12.7. The fourth-order valence-corrected chi connectivity index (χ4v) is 2.81. The molecule has 7 heteroatoms. The van der Waals surface area contributed by atoms with Gasteiger partial charge in [0, 0.05) is 28.4 Å². The molecule has 0 aliphatic carbocycles. The Kier molecular flexibility index (Phi) is 3.37. The third-order valence-corrected chi connectivity index (χ3v) is 4.10. The van der Waals surface area contributed by atoms with Gasteiger partial charge in [0.05, 0.1) is 5.52 Å². The third-order valence-electron chi connectivity index (χ3n) is 3.89. The maximum Gasteiger partial charge on any atom is 0.277 e. The molecule has 0 radical (unpaired) electrons. The number of pyridine rings is 2. The summed E-state index contributed by atoms with van der Waals surface area (Å²) in [6.07, 6.45) is 3.19. The SMILES string of the molecule is C[N+]1(c2cccnc2F)C=C(c2ccc3nc(Cl)ccc3c2)N=N1. The molecular formula is C17H12ClFN5+. The lowest BCUT2D eigenvalue weighted by atomic mass is 10.1. The summed E-state index contributed by atoms with van der Waals surface area (Å²) in [5.41, 5.74) is 2.68. The normalized spacial score (nSPS) is 19.7. The molecule has 1 atom stereocenters. The number of hydrogen-bond donors (Lipinski definition) is 0. The van der Waals surface area contributed by atoms with Crippen LogP contribution in [-0.2, 0) is 0 Å². The second-order valence-electron chi connectivity index (χ2n) is 5.58. The predicted octanol–water partition coefficient (Wildman–Crippen LogP) is 4.74. The van der Waals surface area contributed by atoms with Gasteiger partial charge in [0.25, 0.3) is 5.95 Å². The second-order valence-corrected chi connectivity index (χ2v) is 5.97. The Morgan fingerprint density at radius 2 is 2.00 bits per heavy atom. The number of benzene rings is 1. The van der Waals surface area contributed by atoms with Crippen molar-refractivity contribution in [1.29, 1.82) is 0 Å². The Labute approximate surface area is 142 Å². The van der Waals surface area contributed by atoms with Crippen molar-refractivity contribution in [3.8, 4) is 0 Å². The molecule has 3 heterocycles. The van der Waals surface area contributed by atoms with Crippen LogP contribution in [0, 0.1) is 5.95 Å². The lowest BCUT2D eigenvalue weighted by molar-refractivity contribution is 0.430. The Morgan fingerprint density at radius 3 is 2.83 bits per heavy atom. The van der Waals surface area contributed by atoms with E-state index in [0.29, 0.717) is 16.5 Å². The number of rotatable bonds is 2. The molecule has 2 aromatic heterocycles. The van der Waals surface area contributed by atoms with Gasteiger partial charge in [-0.05, 0) is 30.3 Å². The van der Waals surface area contributed by atoms with E-state index >= 15 is 0 Å². The number of nitrogens with zero attached hydrogens (tertiary/aromatic N) is 5. The van der Waals surface area contributed by atoms with Gasteiger partial charge in [0.2, 0.25) is 5.69 Å². The summed E-state index contributed by atoms with van der Waals surface area (Å²) < 4.78 is 13.9. The van der Waals surface area contributed by atoms with Crippen molar-refractivity contribution in [2.75, 3.05) is 7.05 Å². The van der Waals surface area contributed by atoms with Gasteiger partial charge in [-0.25, -0.2) is 9.97 Å². The maximum atomic E-state index is 14.0. The first-order valence-corrected chi connectivity index (χ1v) is 7.63. The van der Waals surface area contributed by atoms with Gasteiger partial charge in [-0.15, -0.1) is 4.59 Å². The van der Waals surface area contributed by atoms with Crippen LogP contribution in [0.2, 0.25) is 5.15 Å². The molecule has 1 aliphatic heterocycles. The number of hydrogen-bond acceptors (Lipinski definition) is 4. The van der Waals surface area contributed by atoms with E-state index in [1.807, 2.05) is 24.3 Å². The minimum absolute atomic E-state index is 0.119. The molecular weight excluding hydrogens is 329 g/mol. The summed E-state index contributed by atoms with van der Waals surface area (Å²) in [4.78, 5) is 7.94. The first-order valence-electron chi connectivity index (χ1n) is 7.25. The molecule has 0 amide bonds. The number of aromatic nitrogens is 2. The average Bonchev–Trinajstić information content (AvgIpc) is 2.98. The van der Waals surface area contributed by atoms with E-state index in [9.17, 15) is 4.39 Å². The quantitative estimate of drug-likeness (QED) is 0.500. The van der Waals surface area contributed by atoms with Crippen LogP contribution in [0.5, 0.6) is 0 Å². The Balaban J connectivity index is 1.77. The summed E-state index contributed by atoms with van der Waals surface area (Å²) in [5, 5.41) is 9.82. The van der Waals surface area contributed by atoms with Crippen LogP contribution in [0.25, 0.3) is 16.6 Å². The zero-order chi connectivity index (χ0) is 16.7. The van der Waals surface area contributed by atoms with Gasteiger partial charge in [-0.3, -0.25) is 0 Å². The van der Waals surface area contributed by atoms with Crippen molar-refractivity contribution in [2.24, 2.45) is 10.3 Å². The molecule has 118 valence electrons. The molecule has 24 heavy (non-hydrogen) atoms. The van der Waals surface area contributed by atoms with E-state index in [0.717, 1.165) is 16.5 Å². The Morgan fingerprint density at radius 1 is 1.12 bits per heavy atom. The van der Waals surface area contributed by atoms with Gasteiger partial charge in [-0.2, -0.15) is 4.39 Å². The van der Waals surface area contributed by atoms with Gasteiger partial charge >= 0.3 is 0 Å². The van der Waals surface area contributed by atoms with Crippen molar-refractivity contribution in [3.63, 3.8) is 0 Å². The molecule has 0 spiro atoms. The van der Waals surface area contributed by atoms with Crippen molar-refractivity contribution < 1.29 is 4.39 Å². The lowest BCUT2D eigenvalue weighted by Gasteiger charge is -2.16. The van der Waals surface area contributed by atoms with Crippen LogP contribution < -0.4 is 4.59 Å². The monoisotopic (exact) mass is 340 g/mol. The number of fused-ring (bicyclic) bond motifs is 1. The van der Waals surface area contributed by atoms with Gasteiger partial charge in [0.15, 0.2) is 11.9 Å². The first-order chi connectivity index (χ1) is 11.5. The number of quaternary nitrogens is 1. The summed E-state index contributed by atoms with van der Waals surface area (Å²) >= 11 is 5.91. The van der Waals surface area contributed by atoms with Crippen LogP contribution in [0.3, 0.4) is 0 Å². The summed E-state index contributed by atoms with van der Waals surface area (Å²) in [5.74, 6) is -0.561. The highest BCUT2D eigenvalue weighted by Crippen LogP contribution is 2.34. The van der Waals surface area contributed by atoms with Gasteiger partial charge in [-0.1, -0.05) is 22.8 Å². The van der Waals surface area contributed by atoms with Crippen molar-refractivity contribution >= 4 is 33.9 Å². The van der Waals surface area contributed by atoms with Crippen LogP contribution in [-0.4, -0.2) is 17.0 Å². The topological polar surface area (TPSA) is 50.5 Å². The smallest absolute Gasteiger partial charge is 0.236 e. The molecule has 0 saturated heterocycles. The maximum absolute atomic E-state index is 14.0. The fraction of sp³-hybridized carbons (Fsp3) is 0.0588. The molecule has 1 aromatic carbocycles. The Hall–Kier alpha value is -2.70. The van der Waals surface area contributed by atoms with E-state index in [1.54, 1.807) is 31.4 Å². The summed E-state index contributed by atoms with van der Waals surface area (Å²) in [7, 11) is 1.75. The fourth-order valence-electron chi connectivity index (χ4n) is 2.66. The van der Waals surface area contributed by atoms with E-state index in [-0.39, 0.29) is 4.59 Å². The first kappa shape index (κ1) is 14.9. The van der Waals surface area contributed by atoms with Crippen molar-refractivity contribution in [2.45, 2.75) is 0 Å². The molecule has 1 unspecified atom stereocenters. The van der Waals surface area contributed by atoms with E-state index in [4.69, 9.17) is 11.6 Å². The lowest BCUT2D eigenvalue weighted by Crippen LogP contribution is -2.31. The minimum Gasteiger partial charge on any atom is -0.236 e. The minimum atomic E-state index is -0.561. The molecule has 4 rings (SSSR count). The standard InChI is InChI=1S/C17H12ClFN5/c1-24(15-3-2-8-20-17(15)19)10-14(22-23-24)12-4-6-13-11(9-12)5-7-16(18)21-13/h2-10H,1H3/q+1. The van der Waals surface area contributed by atoms with Crippen molar-refractivity contribution in [1.82, 2.24) is 14.6 Å². The summed E-state index contributed by atoms with van der Waals surface area (Å²) in [6.45, 7) is 0. The average molecular weight is 341 g/mol. The zero-order valence-corrected chi connectivity index (χ0v) is 13.4. The van der Waals surface area contributed by atoms with Crippen molar-refractivity contribution in [3.05, 3.63) is 71.5 Å². The molecule has 1 aliphatic rings. The van der Waals surface area contributed by atoms with Gasteiger partial charge in [0.1, 0.15) is 12.2 Å². The molecule has 0 saturated carbocycles. The second kappa shape index (κ2) is 5.43. The van der Waals surface area contributed by atoms with E-state index in [2.05, 4.69) is 20.3 Å². The largest absolute Gasteiger partial charge is 0.277 e. The molecule has 3 aromatic rings. The molecule has 0 fully saturated rings. The molecule has 0 bridgehead atoms. The van der Waals surface area contributed by atoms with Crippen LogP contribution in [0.4, 0.5) is 10.1 Å². The highest BCUT2D eigenvalue weighted by molar-refractivity contribution is 6.29. The Bertz CT molecular complexity index is 1020. The highest BCUT2D eigenvalue weighted by Gasteiger charge is 2.33. The van der Waals surface area contributed by atoms with E-state index in [1.165, 1.54) is 6.20 Å². The summed E-state index contributed by atoms with van der Waals surface area (Å²) in [6, 6.07) is 12.7. The van der Waals surface area contributed by atoms with E-state index < -0.39 is 5.95 Å². The molecule has 5 nitrogen and oxygen atoms in total. The number of halogens is 2.